The number of fused-ring (bicyclic) bond motifs is 2. The van der Waals surface area contributed by atoms with Crippen molar-refractivity contribution < 1.29 is 34.2 Å². The summed E-state index contributed by atoms with van der Waals surface area (Å²) in [6.07, 6.45) is 8.66. The molecule has 19 nitrogen and oxygen atoms in total. The first kappa shape index (κ1) is 69.4. The summed E-state index contributed by atoms with van der Waals surface area (Å²) in [5.74, 6) is -0.928. The summed E-state index contributed by atoms with van der Waals surface area (Å²) in [6.45, 7) is 15.6. The Morgan fingerprint density at radius 2 is 1.02 bits per heavy atom. The predicted octanol–water partition coefficient (Wildman–Crippen LogP) is 12.1. The van der Waals surface area contributed by atoms with Crippen LogP contribution < -0.4 is 21.3 Å². The van der Waals surface area contributed by atoms with E-state index in [4.69, 9.17) is 10.2 Å². The van der Waals surface area contributed by atoms with Crippen LogP contribution in [0.3, 0.4) is 0 Å². The number of nitrogens with one attached hydrogen (secondary N) is 4. The molecule has 2 aliphatic heterocycles. The van der Waals surface area contributed by atoms with Gasteiger partial charge in [-0.3, -0.25) is 24.5 Å². The highest BCUT2D eigenvalue weighted by molar-refractivity contribution is 6.01. The zero-order valence-corrected chi connectivity index (χ0v) is 56.5. The molecule has 8 aromatic rings. The molecule has 19 heteroatoms. The maximum absolute atomic E-state index is 15.0. The zero-order chi connectivity index (χ0) is 67.7. The van der Waals surface area contributed by atoms with E-state index in [2.05, 4.69) is 72.4 Å². The van der Waals surface area contributed by atoms with E-state index in [1.54, 1.807) is 49.5 Å². The quantitative estimate of drug-likeness (QED) is 0.0184. The van der Waals surface area contributed by atoms with E-state index in [0.29, 0.717) is 92.8 Å². The fraction of sp³-hybridized carbons (Fsp3) is 0.390. The minimum atomic E-state index is -0.489. The second-order valence-corrected chi connectivity index (χ2v) is 25.5. The van der Waals surface area contributed by atoms with Crippen LogP contribution in [0.1, 0.15) is 177 Å². The Labute approximate surface area is 564 Å². The Morgan fingerprint density at radius 3 is 1.54 bits per heavy atom. The molecule has 0 unspecified atom stereocenters. The molecule has 96 heavy (non-hydrogen) atoms. The van der Waals surface area contributed by atoms with Gasteiger partial charge < -0.3 is 45.8 Å². The van der Waals surface area contributed by atoms with Crippen molar-refractivity contribution in [3.05, 3.63) is 225 Å². The number of aromatic nitrogens is 4. The van der Waals surface area contributed by atoms with E-state index in [0.717, 1.165) is 102 Å². The third kappa shape index (κ3) is 17.0. The molecule has 0 fully saturated rings. The lowest BCUT2D eigenvalue weighted by atomic mass is 9.93. The lowest BCUT2D eigenvalue weighted by molar-refractivity contribution is 0.0539. The lowest BCUT2D eigenvalue weighted by Crippen LogP contribution is -2.46. The summed E-state index contributed by atoms with van der Waals surface area (Å²) in [5, 5.41) is 44.0. The summed E-state index contributed by atoms with van der Waals surface area (Å²) in [7, 11) is 0. The average molecular weight is 1300 g/mol. The minimum absolute atomic E-state index is 0.161. The van der Waals surface area contributed by atoms with E-state index < -0.39 is 24.2 Å². The Morgan fingerprint density at radius 1 is 0.542 bits per heavy atom. The Balaban J connectivity index is 0.801. The maximum Gasteiger partial charge on any atom is 0.319 e. The van der Waals surface area contributed by atoms with Crippen molar-refractivity contribution in [2.24, 2.45) is 0 Å². The maximum atomic E-state index is 15.0. The molecule has 0 bridgehead atoms. The molecule has 6 N–H and O–H groups in total. The smallest absolute Gasteiger partial charge is 0.319 e. The van der Waals surface area contributed by atoms with Crippen LogP contribution in [0.5, 0.6) is 0 Å². The first-order valence-corrected chi connectivity index (χ1v) is 34.3. The molecular formula is C77H94N12O7. The van der Waals surface area contributed by atoms with Gasteiger partial charge in [-0.25, -0.2) is 14.2 Å². The van der Waals surface area contributed by atoms with E-state index in [1.165, 1.54) is 0 Å². The summed E-state index contributed by atoms with van der Waals surface area (Å²) in [6, 6.07) is 46.7. The van der Waals surface area contributed by atoms with Gasteiger partial charge in [0.2, 0.25) is 0 Å². The van der Waals surface area contributed by atoms with Crippen molar-refractivity contribution >= 4 is 41.0 Å². The number of hydrogen-bond donors (Lipinski definition) is 6. The van der Waals surface area contributed by atoms with Crippen LogP contribution in [-0.2, 0) is 38.9 Å². The fourth-order valence-corrected chi connectivity index (χ4v) is 13.0. The largest absolute Gasteiger partial charge is 0.394 e. The van der Waals surface area contributed by atoms with Crippen molar-refractivity contribution in [3.8, 4) is 11.4 Å². The molecule has 0 radical (unpaired) electrons. The Hall–Kier alpha value is -9.43. The van der Waals surface area contributed by atoms with E-state index >= 15 is 4.79 Å². The van der Waals surface area contributed by atoms with Crippen molar-refractivity contribution in [1.82, 2.24) is 49.8 Å². The number of hydrogen-bond acceptors (Lipinski definition) is 11. The number of aliphatic hydroxyl groups excluding tert-OH is 2. The van der Waals surface area contributed by atoms with Gasteiger partial charge in [0.25, 0.3) is 23.6 Å². The fourth-order valence-electron chi connectivity index (χ4n) is 13.0. The van der Waals surface area contributed by atoms with Crippen LogP contribution >= 0.6 is 0 Å². The van der Waals surface area contributed by atoms with Gasteiger partial charge in [-0.1, -0.05) is 143 Å². The van der Waals surface area contributed by atoms with Crippen molar-refractivity contribution in [3.63, 3.8) is 0 Å². The van der Waals surface area contributed by atoms with E-state index in [1.807, 2.05) is 122 Å². The molecule has 6 amide bonds. The lowest BCUT2D eigenvalue weighted by Gasteiger charge is -2.36. The second-order valence-electron chi connectivity index (χ2n) is 25.5. The number of carbonyl (C=O) groups excluding carboxylic acids is 5. The average Bonchev–Trinajstić information content (AvgIpc) is 1.30. The van der Waals surface area contributed by atoms with Gasteiger partial charge in [-0.2, -0.15) is 10.2 Å². The van der Waals surface area contributed by atoms with E-state index in [-0.39, 0.29) is 60.3 Å². The van der Waals surface area contributed by atoms with Gasteiger partial charge in [0, 0.05) is 68.6 Å². The van der Waals surface area contributed by atoms with Crippen molar-refractivity contribution in [2.45, 2.75) is 150 Å². The second kappa shape index (κ2) is 33.3. The van der Waals surface area contributed by atoms with E-state index in [9.17, 15) is 29.4 Å². The molecule has 2 aromatic heterocycles. The highest BCUT2D eigenvalue weighted by Gasteiger charge is 2.35. The van der Waals surface area contributed by atoms with Crippen LogP contribution in [0.15, 0.2) is 152 Å². The molecule has 0 saturated carbocycles. The van der Waals surface area contributed by atoms with Gasteiger partial charge in [-0.05, 0) is 160 Å². The molecule has 4 heterocycles. The third-order valence-electron chi connectivity index (χ3n) is 18.5. The van der Waals surface area contributed by atoms with Gasteiger partial charge in [0.15, 0.2) is 11.4 Å². The van der Waals surface area contributed by atoms with Crippen LogP contribution in [0.2, 0.25) is 0 Å². The van der Waals surface area contributed by atoms with Crippen LogP contribution in [0, 0.1) is 13.8 Å². The number of aliphatic hydroxyl groups is 2. The number of aryl methyl sites for hydroxylation is 3. The normalized spacial score (nSPS) is 14.5. The minimum Gasteiger partial charge on any atom is -0.394 e. The van der Waals surface area contributed by atoms with Gasteiger partial charge in [0.1, 0.15) is 0 Å². The number of anilines is 2. The van der Waals surface area contributed by atoms with Crippen molar-refractivity contribution in [2.75, 3.05) is 56.7 Å². The molecular weight excluding hydrogens is 1200 g/mol. The van der Waals surface area contributed by atoms with Crippen LogP contribution in [0.4, 0.5) is 16.2 Å². The Kier molecular flexibility index (Phi) is 24.1. The number of nitrogens with zero attached hydrogens (tertiary/aromatic N) is 8. The topological polar surface area (TPSA) is 223 Å². The SMILES string of the molecule is CCCCN(CCCC)C(=O)c1cc(C)n(-c2ccc(NC(=O)N[C@@H](C)c3cccc(CCCCN(CCCC)C(=O)c4cc(C)n(-c5ccc(NCNCc6ccccc6)cc5C(=O)N5Cc6ccccc6C[C@H]5CO)n4)c3)cc2C(=O)N2Cc3ccccc3C[C@H]2CO)n1. The highest BCUT2D eigenvalue weighted by Crippen LogP contribution is 2.32. The number of carbonyl (C=O) groups is 5. The molecule has 2 aliphatic rings. The third-order valence-corrected chi connectivity index (χ3v) is 18.5. The van der Waals surface area contributed by atoms with Gasteiger partial charge in [-0.15, -0.1) is 0 Å². The monoisotopic (exact) mass is 1300 g/mol. The Bertz CT molecular complexity index is 3970. The molecule has 504 valence electrons. The van der Waals surface area contributed by atoms with Crippen LogP contribution in [0.25, 0.3) is 11.4 Å². The summed E-state index contributed by atoms with van der Waals surface area (Å²) in [4.78, 5) is 79.7. The number of urea groups is 1. The van der Waals surface area contributed by atoms with Crippen molar-refractivity contribution in [1.29, 1.82) is 0 Å². The molecule has 0 saturated heterocycles. The highest BCUT2D eigenvalue weighted by atomic mass is 16.3. The number of benzene rings is 6. The molecule has 10 rings (SSSR count). The molecule has 6 aromatic carbocycles. The predicted molar refractivity (Wildman–Crippen MR) is 377 cm³/mol. The molecule has 3 atom stereocenters. The summed E-state index contributed by atoms with van der Waals surface area (Å²) < 4.78 is 3.32. The zero-order valence-electron chi connectivity index (χ0n) is 56.5. The first-order chi connectivity index (χ1) is 46.7. The molecule has 0 aliphatic carbocycles. The molecule has 0 spiro atoms. The summed E-state index contributed by atoms with van der Waals surface area (Å²) in [5.41, 5.74) is 12.0. The van der Waals surface area contributed by atoms with Gasteiger partial charge >= 0.3 is 6.03 Å². The van der Waals surface area contributed by atoms with Gasteiger partial charge in [0.05, 0.1) is 60.5 Å². The van der Waals surface area contributed by atoms with Crippen LogP contribution in [-0.4, -0.2) is 137 Å². The number of unbranched alkanes of at least 4 members (excludes halogenated alkanes) is 4. The summed E-state index contributed by atoms with van der Waals surface area (Å²) >= 11 is 0. The number of amides is 6. The standard InChI is InChI=1S/C77H94N12O7/c1-7-10-36-84(37-11-8-2)75(94)69-40-54(5)89(82-69)72-35-33-64(46-68(72)74(93)87-49-62-30-19-17-28-60(62)44-66(87)51-91)81-77(96)80-55(6)58-31-22-26-56(42-58)23-20-21-39-85(38-12-9-3)76(95)70-41-53(4)88(83-70)71-34-32-63(79-52-78-47-57-24-14-13-15-25-57)45-67(71)73(92)86-48-61-29-18-16-27-59(61)43-65(86)50-90/h13-19,22,24-35,40-42,45-46,55,65-66,78-79,90-91H,7-12,20-21,23,36-39,43-44,47-52H2,1-6H3,(H2,80,81,96)/t55-,65-,66-/m0/s1. The number of rotatable bonds is 30. The first-order valence-electron chi connectivity index (χ1n) is 34.3.